The van der Waals surface area contributed by atoms with Crippen LogP contribution < -0.4 is 15.4 Å². The van der Waals surface area contributed by atoms with Gasteiger partial charge in [0.05, 0.1) is 5.69 Å². The van der Waals surface area contributed by atoms with Gasteiger partial charge in [-0.2, -0.15) is 0 Å². The summed E-state index contributed by atoms with van der Waals surface area (Å²) in [6.45, 7) is -0.218. The van der Waals surface area contributed by atoms with E-state index in [9.17, 15) is 13.6 Å². The van der Waals surface area contributed by atoms with Crippen LogP contribution in [0, 0.1) is 11.6 Å². The van der Waals surface area contributed by atoms with Crippen molar-refractivity contribution in [3.63, 3.8) is 0 Å². The lowest BCUT2D eigenvalue weighted by Gasteiger charge is -2.08. The van der Waals surface area contributed by atoms with Crippen LogP contribution >= 0.6 is 11.6 Å². The van der Waals surface area contributed by atoms with Gasteiger partial charge in [0.2, 0.25) is 0 Å². The molecule has 0 atom stereocenters. The van der Waals surface area contributed by atoms with Crippen LogP contribution in [0.5, 0.6) is 5.75 Å². The number of nitrogens with zero attached hydrogens (tertiary/aromatic N) is 2. The minimum atomic E-state index is -0.756. The van der Waals surface area contributed by atoms with E-state index in [1.807, 2.05) is 0 Å². The summed E-state index contributed by atoms with van der Waals surface area (Å²) < 4.78 is 31.8. The van der Waals surface area contributed by atoms with Crippen molar-refractivity contribution in [2.45, 2.75) is 0 Å². The maximum Gasteiger partial charge on any atom is 0.263 e. The van der Waals surface area contributed by atoms with Gasteiger partial charge < -0.3 is 15.4 Å². The van der Waals surface area contributed by atoms with Crippen LogP contribution in [-0.4, -0.2) is 22.7 Å². The number of halogens is 3. The van der Waals surface area contributed by atoms with Gasteiger partial charge in [-0.1, -0.05) is 11.6 Å². The van der Waals surface area contributed by atoms with Crippen molar-refractivity contribution in [3.8, 4) is 5.75 Å². The molecule has 0 aliphatic carbocycles. The van der Waals surface area contributed by atoms with Crippen molar-refractivity contribution >= 4 is 34.8 Å². The highest BCUT2D eigenvalue weighted by atomic mass is 35.5. The topological polar surface area (TPSA) is 76.1 Å². The Bertz CT molecular complexity index is 937. The first kappa shape index (κ1) is 18.5. The van der Waals surface area contributed by atoms with E-state index in [-0.39, 0.29) is 23.9 Å². The van der Waals surface area contributed by atoms with Crippen molar-refractivity contribution in [1.82, 2.24) is 10.2 Å². The third-order valence-electron chi connectivity index (χ3n) is 3.31. The van der Waals surface area contributed by atoms with Crippen LogP contribution in [0.25, 0.3) is 0 Å². The van der Waals surface area contributed by atoms with E-state index < -0.39 is 17.5 Å². The number of anilines is 3. The first-order valence-electron chi connectivity index (χ1n) is 7.73. The molecule has 9 heteroatoms. The zero-order valence-corrected chi connectivity index (χ0v) is 14.5. The van der Waals surface area contributed by atoms with Gasteiger partial charge in [-0.15, -0.1) is 10.2 Å². The van der Waals surface area contributed by atoms with Crippen LogP contribution in [0.2, 0.25) is 5.02 Å². The molecule has 6 nitrogen and oxygen atoms in total. The summed E-state index contributed by atoms with van der Waals surface area (Å²) in [6.07, 6.45) is 0. The second-order valence-electron chi connectivity index (χ2n) is 5.34. The number of rotatable bonds is 6. The lowest BCUT2D eigenvalue weighted by Crippen LogP contribution is -2.21. The second kappa shape index (κ2) is 8.41. The number of benzene rings is 2. The third kappa shape index (κ3) is 5.35. The molecule has 0 aliphatic rings. The zero-order chi connectivity index (χ0) is 19.2. The van der Waals surface area contributed by atoms with Crippen molar-refractivity contribution in [1.29, 1.82) is 0 Å². The highest BCUT2D eigenvalue weighted by molar-refractivity contribution is 6.30. The predicted octanol–water partition coefficient (Wildman–Crippen LogP) is 4.17. The van der Waals surface area contributed by atoms with Crippen molar-refractivity contribution in [2.24, 2.45) is 0 Å². The van der Waals surface area contributed by atoms with E-state index in [1.165, 1.54) is 18.2 Å². The van der Waals surface area contributed by atoms with Crippen molar-refractivity contribution in [2.75, 3.05) is 17.2 Å². The molecule has 0 saturated carbocycles. The van der Waals surface area contributed by atoms with E-state index in [1.54, 1.807) is 24.3 Å². The van der Waals surface area contributed by atoms with Crippen molar-refractivity contribution < 1.29 is 18.3 Å². The monoisotopic (exact) mass is 390 g/mol. The normalized spacial score (nSPS) is 10.3. The Morgan fingerprint density at radius 1 is 1.00 bits per heavy atom. The minimum absolute atomic E-state index is 0.0545. The Balaban J connectivity index is 1.53. The number of hydrogen-bond acceptors (Lipinski definition) is 5. The highest BCUT2D eigenvalue weighted by Gasteiger charge is 2.08. The largest absolute Gasteiger partial charge is 0.484 e. The predicted molar refractivity (Wildman–Crippen MR) is 97.2 cm³/mol. The highest BCUT2D eigenvalue weighted by Crippen LogP contribution is 2.19. The maximum absolute atomic E-state index is 13.6. The fourth-order valence-corrected chi connectivity index (χ4v) is 2.18. The SMILES string of the molecule is O=C(COc1ccc(Cl)cc1)Nc1ccc(Nc2ccc(F)cc2F)nn1. The third-order valence-corrected chi connectivity index (χ3v) is 3.56. The Morgan fingerprint density at radius 3 is 2.37 bits per heavy atom. The van der Waals surface area contributed by atoms with E-state index in [2.05, 4.69) is 20.8 Å². The molecule has 0 saturated heterocycles. The summed E-state index contributed by atoms with van der Waals surface area (Å²) in [7, 11) is 0. The number of aromatic nitrogens is 2. The Hall–Kier alpha value is -3.26. The number of carbonyl (C=O) groups is 1. The molecule has 0 bridgehead atoms. The average molecular weight is 391 g/mol. The molecule has 2 N–H and O–H groups in total. The van der Waals surface area contributed by atoms with Crippen LogP contribution in [0.15, 0.2) is 54.6 Å². The minimum Gasteiger partial charge on any atom is -0.484 e. The van der Waals surface area contributed by atoms with Gasteiger partial charge in [0, 0.05) is 11.1 Å². The van der Waals surface area contributed by atoms with Crippen molar-refractivity contribution in [3.05, 3.63) is 71.3 Å². The molecule has 0 spiro atoms. The van der Waals surface area contributed by atoms with Gasteiger partial charge in [0.15, 0.2) is 18.2 Å². The number of hydrogen-bond donors (Lipinski definition) is 2. The summed E-state index contributed by atoms with van der Waals surface area (Å²) in [5.41, 5.74) is 0.0545. The summed E-state index contributed by atoms with van der Waals surface area (Å²) in [5.74, 6) is -0.927. The molecule has 27 heavy (non-hydrogen) atoms. The molecule has 1 aromatic heterocycles. The number of carbonyl (C=O) groups excluding carboxylic acids is 1. The Kier molecular flexibility index (Phi) is 5.77. The number of amides is 1. The summed E-state index contributed by atoms with van der Waals surface area (Å²) in [4.78, 5) is 11.9. The lowest BCUT2D eigenvalue weighted by atomic mass is 10.3. The fourth-order valence-electron chi connectivity index (χ4n) is 2.05. The average Bonchev–Trinajstić information content (AvgIpc) is 2.65. The fraction of sp³-hybridized carbons (Fsp3) is 0.0556. The summed E-state index contributed by atoms with van der Waals surface area (Å²) in [6, 6.07) is 12.7. The Labute approximate surface area is 158 Å². The molecule has 3 rings (SSSR count). The number of ether oxygens (including phenoxy) is 1. The zero-order valence-electron chi connectivity index (χ0n) is 13.7. The first-order valence-corrected chi connectivity index (χ1v) is 8.11. The van der Waals surface area contributed by atoms with Gasteiger partial charge in [-0.25, -0.2) is 8.78 Å². The molecule has 2 aromatic carbocycles. The number of nitrogens with one attached hydrogen (secondary N) is 2. The molecular weight excluding hydrogens is 378 g/mol. The van der Waals surface area contributed by atoms with Crippen LogP contribution in [0.4, 0.5) is 26.1 Å². The van der Waals surface area contributed by atoms with E-state index in [0.29, 0.717) is 10.8 Å². The molecule has 0 radical (unpaired) electrons. The van der Waals surface area contributed by atoms with Gasteiger partial charge >= 0.3 is 0 Å². The molecular formula is C18H13ClF2N4O2. The van der Waals surface area contributed by atoms with E-state index in [4.69, 9.17) is 16.3 Å². The molecule has 0 unspecified atom stereocenters. The maximum atomic E-state index is 13.6. The molecule has 0 aliphatic heterocycles. The van der Waals surface area contributed by atoms with E-state index >= 15 is 0 Å². The first-order chi connectivity index (χ1) is 13.0. The molecule has 1 heterocycles. The van der Waals surface area contributed by atoms with Gasteiger partial charge in [-0.3, -0.25) is 4.79 Å². The van der Waals surface area contributed by atoms with E-state index in [0.717, 1.165) is 12.1 Å². The Morgan fingerprint density at radius 2 is 1.70 bits per heavy atom. The van der Waals surface area contributed by atoms with Gasteiger partial charge in [0.1, 0.15) is 17.4 Å². The second-order valence-corrected chi connectivity index (χ2v) is 5.78. The summed E-state index contributed by atoms with van der Waals surface area (Å²) >= 11 is 5.77. The van der Waals surface area contributed by atoms with Gasteiger partial charge in [0.25, 0.3) is 5.91 Å². The molecule has 138 valence electrons. The van der Waals surface area contributed by atoms with Crippen LogP contribution in [-0.2, 0) is 4.79 Å². The molecule has 3 aromatic rings. The quantitative estimate of drug-likeness (QED) is 0.660. The van der Waals surface area contributed by atoms with Crippen LogP contribution in [0.3, 0.4) is 0 Å². The lowest BCUT2D eigenvalue weighted by molar-refractivity contribution is -0.118. The smallest absolute Gasteiger partial charge is 0.263 e. The molecule has 0 fully saturated rings. The van der Waals surface area contributed by atoms with Crippen LogP contribution in [0.1, 0.15) is 0 Å². The summed E-state index contributed by atoms with van der Waals surface area (Å²) in [5, 5.41) is 13.4. The molecule has 1 amide bonds. The van der Waals surface area contributed by atoms with Gasteiger partial charge in [-0.05, 0) is 48.5 Å². The standard InChI is InChI=1S/C18H13ClF2N4O2/c19-11-1-4-13(5-2-11)27-10-18(26)23-17-8-7-16(24-25-17)22-15-6-3-12(20)9-14(15)21/h1-9H,10H2,(H,22,24)(H,23,25,26).